The van der Waals surface area contributed by atoms with Crippen LogP contribution in [0, 0.1) is 0 Å². The molecule has 0 nitrogen and oxygen atoms in total. The SMILES string of the molecule is [3H]c1ccc(C(C)(C)C)cc1. The molecule has 0 bridgehead atoms. The van der Waals surface area contributed by atoms with E-state index < -0.39 is 0 Å². The van der Waals surface area contributed by atoms with Crippen LogP contribution in [0.15, 0.2) is 30.3 Å². The van der Waals surface area contributed by atoms with E-state index in [0.29, 0.717) is 6.04 Å². The van der Waals surface area contributed by atoms with Gasteiger partial charge in [0.15, 0.2) is 0 Å². The molecule has 0 spiro atoms. The van der Waals surface area contributed by atoms with Crippen LogP contribution in [0.4, 0.5) is 0 Å². The minimum atomic E-state index is 0.202. The summed E-state index contributed by atoms with van der Waals surface area (Å²) < 4.78 is 7.30. The van der Waals surface area contributed by atoms with E-state index in [-0.39, 0.29) is 5.41 Å². The first-order valence-electron chi connectivity index (χ1n) is 4.07. The molecular weight excluding hydrogens is 120 g/mol. The van der Waals surface area contributed by atoms with E-state index >= 15 is 0 Å². The van der Waals surface area contributed by atoms with Crippen LogP contribution >= 0.6 is 0 Å². The summed E-state index contributed by atoms with van der Waals surface area (Å²) in [4.78, 5) is 0. The van der Waals surface area contributed by atoms with Crippen molar-refractivity contribution in [3.63, 3.8) is 0 Å². The van der Waals surface area contributed by atoms with Gasteiger partial charge in [-0.1, -0.05) is 51.1 Å². The molecule has 0 atom stereocenters. The third kappa shape index (κ3) is 1.60. The van der Waals surface area contributed by atoms with E-state index in [1.54, 1.807) is 0 Å². The van der Waals surface area contributed by atoms with Crippen molar-refractivity contribution in [2.24, 2.45) is 0 Å². The summed E-state index contributed by atoms with van der Waals surface area (Å²) in [6, 6.07) is 8.28. The molecule has 0 aliphatic carbocycles. The normalized spacial score (nSPS) is 12.9. The van der Waals surface area contributed by atoms with Crippen LogP contribution in [-0.4, -0.2) is 0 Å². The van der Waals surface area contributed by atoms with Crippen LogP contribution in [0.1, 0.15) is 27.7 Å². The largest absolute Gasteiger partial charge is 0.0623 e. The van der Waals surface area contributed by atoms with E-state index in [1.165, 1.54) is 5.56 Å². The van der Waals surface area contributed by atoms with Crippen molar-refractivity contribution in [2.45, 2.75) is 26.2 Å². The summed E-state index contributed by atoms with van der Waals surface area (Å²) in [5.74, 6) is 0. The Kier molecular flexibility index (Phi) is 1.46. The quantitative estimate of drug-likeness (QED) is 0.514. The van der Waals surface area contributed by atoms with Crippen LogP contribution in [0.2, 0.25) is 0 Å². The van der Waals surface area contributed by atoms with Crippen molar-refractivity contribution in [1.29, 1.82) is 0 Å². The molecule has 0 radical (unpaired) electrons. The first kappa shape index (κ1) is 5.96. The molecule has 0 aliphatic heterocycles. The molecule has 0 heterocycles. The average molecular weight is 136 g/mol. The Labute approximate surface area is 64.3 Å². The van der Waals surface area contributed by atoms with Crippen molar-refractivity contribution in [1.82, 2.24) is 0 Å². The van der Waals surface area contributed by atoms with E-state index in [4.69, 9.17) is 1.37 Å². The van der Waals surface area contributed by atoms with Crippen molar-refractivity contribution < 1.29 is 1.37 Å². The number of rotatable bonds is 0. The predicted octanol–water partition coefficient (Wildman–Crippen LogP) is 2.98. The summed E-state index contributed by atoms with van der Waals surface area (Å²) in [5, 5.41) is 0. The van der Waals surface area contributed by atoms with Crippen molar-refractivity contribution in [3.05, 3.63) is 35.9 Å². The van der Waals surface area contributed by atoms with Gasteiger partial charge in [-0.2, -0.15) is 0 Å². The Morgan fingerprint density at radius 3 is 2.10 bits per heavy atom. The molecular formula is C10H14. The van der Waals surface area contributed by atoms with Crippen LogP contribution in [0.3, 0.4) is 0 Å². The zero-order chi connectivity index (χ0) is 8.48. The van der Waals surface area contributed by atoms with Gasteiger partial charge in [-0.05, 0) is 11.0 Å². The third-order valence-electron chi connectivity index (χ3n) is 1.58. The first-order valence-corrected chi connectivity index (χ1v) is 3.57. The van der Waals surface area contributed by atoms with Gasteiger partial charge < -0.3 is 0 Å². The molecule has 54 valence electrons. The molecule has 0 saturated heterocycles. The highest BCUT2D eigenvalue weighted by molar-refractivity contribution is 5.21. The molecule has 1 rings (SSSR count). The lowest BCUT2D eigenvalue weighted by Crippen LogP contribution is -2.10. The maximum absolute atomic E-state index is 7.30. The summed E-state index contributed by atoms with van der Waals surface area (Å²) in [7, 11) is 0. The van der Waals surface area contributed by atoms with Crippen LogP contribution < -0.4 is 0 Å². The van der Waals surface area contributed by atoms with Crippen LogP contribution in [0.25, 0.3) is 0 Å². The van der Waals surface area contributed by atoms with Crippen LogP contribution in [0.5, 0.6) is 0 Å². The van der Waals surface area contributed by atoms with E-state index in [0.717, 1.165) is 0 Å². The lowest BCUT2D eigenvalue weighted by atomic mass is 9.87. The van der Waals surface area contributed by atoms with E-state index in [9.17, 15) is 0 Å². The van der Waals surface area contributed by atoms with Gasteiger partial charge in [0, 0.05) is 0 Å². The summed E-state index contributed by atoms with van der Waals surface area (Å²) in [6.45, 7) is 6.52. The fourth-order valence-corrected chi connectivity index (χ4v) is 0.887. The van der Waals surface area contributed by atoms with E-state index in [2.05, 4.69) is 20.8 Å². The minimum absolute atomic E-state index is 0.202. The minimum Gasteiger partial charge on any atom is -0.0622 e. The fourth-order valence-electron chi connectivity index (χ4n) is 0.887. The lowest BCUT2D eigenvalue weighted by molar-refractivity contribution is 0.590. The molecule has 0 fully saturated rings. The van der Waals surface area contributed by atoms with Gasteiger partial charge >= 0.3 is 0 Å². The summed E-state index contributed by atoms with van der Waals surface area (Å²) in [5.41, 5.74) is 1.49. The van der Waals surface area contributed by atoms with Gasteiger partial charge in [0.25, 0.3) is 0 Å². The highest BCUT2D eigenvalue weighted by Gasteiger charge is 2.11. The topological polar surface area (TPSA) is 0 Å². The van der Waals surface area contributed by atoms with Gasteiger partial charge in [-0.15, -0.1) is 0 Å². The predicted molar refractivity (Wildman–Crippen MR) is 45.1 cm³/mol. The molecule has 1 aromatic rings. The van der Waals surface area contributed by atoms with E-state index in [1.807, 2.05) is 24.3 Å². The Morgan fingerprint density at radius 2 is 1.70 bits per heavy atom. The van der Waals surface area contributed by atoms with Gasteiger partial charge in [-0.25, -0.2) is 0 Å². The molecule has 1 aromatic carbocycles. The van der Waals surface area contributed by atoms with Gasteiger partial charge in [-0.3, -0.25) is 0 Å². The summed E-state index contributed by atoms with van der Waals surface area (Å²) >= 11 is 0. The summed E-state index contributed by atoms with van der Waals surface area (Å²) in [6.07, 6.45) is 0. The molecule has 0 aliphatic rings. The lowest BCUT2D eigenvalue weighted by Gasteiger charge is -2.18. The molecule has 0 aromatic heterocycles. The second kappa shape index (κ2) is 2.45. The van der Waals surface area contributed by atoms with Gasteiger partial charge in [0.2, 0.25) is 0 Å². The fraction of sp³-hybridized carbons (Fsp3) is 0.400. The zero-order valence-corrected chi connectivity index (χ0v) is 6.81. The molecule has 0 N–H and O–H groups in total. The first-order chi connectivity index (χ1) is 5.00. The highest BCUT2D eigenvalue weighted by Crippen LogP contribution is 2.20. The average Bonchev–Trinajstić information content (AvgIpc) is 1.86. The maximum atomic E-state index is 7.30. The van der Waals surface area contributed by atoms with Crippen molar-refractivity contribution in [2.75, 3.05) is 0 Å². The van der Waals surface area contributed by atoms with Crippen LogP contribution in [-0.2, 0) is 5.41 Å². The second-order valence-corrected chi connectivity index (χ2v) is 3.54. The Morgan fingerprint density at radius 1 is 1.20 bits per heavy atom. The Bertz CT molecular complexity index is 228. The third-order valence-corrected chi connectivity index (χ3v) is 1.58. The van der Waals surface area contributed by atoms with Crippen molar-refractivity contribution in [3.8, 4) is 0 Å². The molecule has 0 unspecified atom stereocenters. The highest BCUT2D eigenvalue weighted by atomic mass is 14.2. The number of benzene rings is 1. The number of hydrogen-bond acceptors (Lipinski definition) is 0. The van der Waals surface area contributed by atoms with Gasteiger partial charge in [0.05, 0.1) is 1.37 Å². The standard InChI is InChI=1S/C10H14/c1-10(2,3)9-7-5-4-6-8-9/h4-8H,1-3H3/i4T. The Hall–Kier alpha value is -0.780. The molecule has 0 amide bonds. The Balaban J connectivity index is 2.99. The van der Waals surface area contributed by atoms with Gasteiger partial charge in [0.1, 0.15) is 0 Å². The zero-order valence-electron chi connectivity index (χ0n) is 7.81. The molecule has 10 heavy (non-hydrogen) atoms. The molecule has 0 saturated carbocycles. The molecule has 0 heteroatoms. The smallest absolute Gasteiger partial charge is 0.0622 e. The number of hydrogen-bond donors (Lipinski definition) is 0. The maximum Gasteiger partial charge on any atom is 0.0623 e. The monoisotopic (exact) mass is 136 g/mol. The van der Waals surface area contributed by atoms with Crippen molar-refractivity contribution >= 4 is 0 Å². The second-order valence-electron chi connectivity index (χ2n) is 3.54.